The molecule has 2 aromatic carbocycles. The Balaban J connectivity index is 1.17. The number of aliphatic imine (C=N–C) groups is 1. The Morgan fingerprint density at radius 2 is 1.55 bits per heavy atom. The van der Waals surface area contributed by atoms with Crippen LogP contribution in [0.4, 0.5) is 13.2 Å². The third-order valence-electron chi connectivity index (χ3n) is 5.61. The molecule has 2 aliphatic rings. The Kier molecular flexibility index (Phi) is 7.72. The van der Waals surface area contributed by atoms with Crippen molar-refractivity contribution in [3.05, 3.63) is 72.3 Å². The van der Waals surface area contributed by atoms with E-state index in [1.165, 1.54) is 0 Å². The van der Waals surface area contributed by atoms with Gasteiger partial charge in [-0.3, -0.25) is 4.90 Å². The van der Waals surface area contributed by atoms with Crippen molar-refractivity contribution in [1.82, 2.24) is 14.7 Å². The van der Waals surface area contributed by atoms with E-state index in [2.05, 4.69) is 14.8 Å². The van der Waals surface area contributed by atoms with Gasteiger partial charge in [0.15, 0.2) is 23.2 Å². The quantitative estimate of drug-likeness (QED) is 0.565. The van der Waals surface area contributed by atoms with Crippen LogP contribution < -0.4 is 9.47 Å². The van der Waals surface area contributed by atoms with Crippen molar-refractivity contribution >= 4 is 5.84 Å². The summed E-state index contributed by atoms with van der Waals surface area (Å²) in [4.78, 5) is 11.2. The van der Waals surface area contributed by atoms with E-state index in [9.17, 15) is 13.2 Å². The molecule has 1 fully saturated rings. The topological polar surface area (TPSA) is 40.5 Å². The molecule has 0 atom stereocenters. The van der Waals surface area contributed by atoms with Gasteiger partial charge in [0.2, 0.25) is 0 Å². The van der Waals surface area contributed by atoms with Gasteiger partial charge in [-0.1, -0.05) is 18.2 Å². The van der Waals surface area contributed by atoms with Gasteiger partial charge in [-0.05, 0) is 12.1 Å². The molecule has 0 saturated carbocycles. The molecule has 176 valence electrons. The van der Waals surface area contributed by atoms with Crippen LogP contribution in [0.1, 0.15) is 0 Å². The summed E-state index contributed by atoms with van der Waals surface area (Å²) in [7, 11) is 0. The molecule has 0 amide bonds. The number of benzene rings is 2. The summed E-state index contributed by atoms with van der Waals surface area (Å²) >= 11 is 0. The van der Waals surface area contributed by atoms with Crippen molar-refractivity contribution < 1.29 is 22.6 Å². The summed E-state index contributed by atoms with van der Waals surface area (Å²) in [6, 6.07) is 11.0. The van der Waals surface area contributed by atoms with Crippen LogP contribution in [0.25, 0.3) is 0 Å². The average molecular weight is 461 g/mol. The molecule has 0 spiro atoms. The first kappa shape index (κ1) is 23.0. The fourth-order valence-electron chi connectivity index (χ4n) is 3.75. The number of nitrogens with zero attached hydrogens (tertiary/aromatic N) is 4. The van der Waals surface area contributed by atoms with E-state index in [0.717, 1.165) is 50.4 Å². The molecular weight excluding hydrogens is 433 g/mol. The Morgan fingerprint density at radius 3 is 2.33 bits per heavy atom. The number of rotatable bonds is 8. The van der Waals surface area contributed by atoms with E-state index >= 15 is 0 Å². The van der Waals surface area contributed by atoms with Gasteiger partial charge in [0.05, 0.1) is 13.1 Å². The molecule has 0 N–H and O–H groups in total. The highest BCUT2D eigenvalue weighted by Gasteiger charge is 2.22. The lowest BCUT2D eigenvalue weighted by Crippen LogP contribution is -2.52. The van der Waals surface area contributed by atoms with Crippen LogP contribution in [0.3, 0.4) is 0 Å². The predicted molar refractivity (Wildman–Crippen MR) is 120 cm³/mol. The number of amidine groups is 1. The minimum atomic E-state index is -1.23. The number of hydrogen-bond donors (Lipinski definition) is 0. The molecule has 0 unspecified atom stereocenters. The van der Waals surface area contributed by atoms with Gasteiger partial charge in [0, 0.05) is 57.3 Å². The van der Waals surface area contributed by atoms with Crippen molar-refractivity contribution in [2.75, 3.05) is 59.0 Å². The van der Waals surface area contributed by atoms with E-state index in [1.807, 2.05) is 41.4 Å². The van der Waals surface area contributed by atoms with Crippen LogP contribution in [-0.4, -0.2) is 79.6 Å². The van der Waals surface area contributed by atoms with E-state index < -0.39 is 17.5 Å². The van der Waals surface area contributed by atoms with Crippen molar-refractivity contribution in [2.24, 2.45) is 4.99 Å². The number of halogens is 3. The smallest absolute Gasteiger partial charge is 0.168 e. The molecule has 2 heterocycles. The van der Waals surface area contributed by atoms with Gasteiger partial charge in [0.25, 0.3) is 0 Å². The number of piperazine rings is 1. The van der Waals surface area contributed by atoms with Gasteiger partial charge < -0.3 is 19.3 Å². The molecule has 33 heavy (non-hydrogen) atoms. The molecular formula is C24H27F3N4O2. The second-order valence-electron chi connectivity index (χ2n) is 7.85. The molecule has 2 aromatic rings. The number of hydrogen-bond acceptors (Lipinski definition) is 6. The Hall–Kier alpha value is -3.20. The van der Waals surface area contributed by atoms with Crippen molar-refractivity contribution in [1.29, 1.82) is 0 Å². The average Bonchev–Trinajstić information content (AvgIpc) is 2.84. The van der Waals surface area contributed by atoms with Gasteiger partial charge in [-0.2, -0.15) is 0 Å². The fraction of sp³-hybridized carbons (Fsp3) is 0.375. The van der Waals surface area contributed by atoms with Crippen LogP contribution in [0, 0.1) is 17.5 Å². The molecule has 0 aromatic heterocycles. The molecule has 0 bridgehead atoms. The maximum absolute atomic E-state index is 13.7. The monoisotopic (exact) mass is 460 g/mol. The third-order valence-corrected chi connectivity index (χ3v) is 5.61. The standard InChI is InChI=1S/C24H27F3N4O2/c25-20-16-22(27)23(17-21(20)26)33-15-13-30-7-6-28-24(18-30)31-10-8-29(9-11-31)12-14-32-19-4-2-1-3-5-19/h1-7,16-17H,8-15,18H2. The first-order valence-electron chi connectivity index (χ1n) is 11.0. The van der Waals surface area contributed by atoms with Gasteiger partial charge in [-0.15, -0.1) is 0 Å². The Labute approximate surface area is 191 Å². The van der Waals surface area contributed by atoms with E-state index in [-0.39, 0.29) is 12.4 Å². The third kappa shape index (κ3) is 6.41. The number of ether oxygens (including phenoxy) is 2. The van der Waals surface area contributed by atoms with Crippen LogP contribution in [-0.2, 0) is 0 Å². The van der Waals surface area contributed by atoms with E-state index in [0.29, 0.717) is 25.8 Å². The van der Waals surface area contributed by atoms with Crippen molar-refractivity contribution in [3.63, 3.8) is 0 Å². The second-order valence-corrected chi connectivity index (χ2v) is 7.85. The Bertz CT molecular complexity index is 979. The van der Waals surface area contributed by atoms with Crippen LogP contribution in [0.2, 0.25) is 0 Å². The fourth-order valence-corrected chi connectivity index (χ4v) is 3.75. The maximum atomic E-state index is 13.7. The molecule has 0 radical (unpaired) electrons. The lowest BCUT2D eigenvalue weighted by atomic mass is 10.3. The first-order chi connectivity index (χ1) is 16.1. The summed E-state index contributed by atoms with van der Waals surface area (Å²) in [6.07, 6.45) is 3.57. The number of para-hydroxylation sites is 1. The summed E-state index contributed by atoms with van der Waals surface area (Å²) in [5.74, 6) is -1.73. The zero-order valence-electron chi connectivity index (χ0n) is 18.3. The lowest BCUT2D eigenvalue weighted by molar-refractivity contribution is 0.151. The summed E-state index contributed by atoms with van der Waals surface area (Å²) in [5, 5.41) is 0. The zero-order chi connectivity index (χ0) is 23.0. The van der Waals surface area contributed by atoms with E-state index in [4.69, 9.17) is 9.47 Å². The van der Waals surface area contributed by atoms with Crippen molar-refractivity contribution in [2.45, 2.75) is 0 Å². The van der Waals surface area contributed by atoms with Gasteiger partial charge >= 0.3 is 0 Å². The molecule has 2 aliphatic heterocycles. The predicted octanol–water partition coefficient (Wildman–Crippen LogP) is 3.36. The SMILES string of the molecule is Fc1cc(F)c(OCCN2C=CN=C(N3CCN(CCOc4ccccc4)CC3)C2)cc1F. The van der Waals surface area contributed by atoms with Crippen LogP contribution in [0.5, 0.6) is 11.5 Å². The minimum absolute atomic E-state index is 0.134. The summed E-state index contributed by atoms with van der Waals surface area (Å²) in [6.45, 7) is 6.35. The summed E-state index contributed by atoms with van der Waals surface area (Å²) in [5.41, 5.74) is 0. The largest absolute Gasteiger partial charge is 0.492 e. The second kappa shape index (κ2) is 11.1. The molecule has 9 heteroatoms. The maximum Gasteiger partial charge on any atom is 0.168 e. The van der Waals surface area contributed by atoms with Crippen LogP contribution in [0.15, 0.2) is 59.9 Å². The minimum Gasteiger partial charge on any atom is -0.492 e. The molecule has 4 rings (SSSR count). The highest BCUT2D eigenvalue weighted by Crippen LogP contribution is 2.20. The zero-order valence-corrected chi connectivity index (χ0v) is 18.3. The van der Waals surface area contributed by atoms with Crippen molar-refractivity contribution in [3.8, 4) is 11.5 Å². The molecule has 1 saturated heterocycles. The van der Waals surface area contributed by atoms with Gasteiger partial charge in [-0.25, -0.2) is 18.2 Å². The van der Waals surface area contributed by atoms with E-state index in [1.54, 1.807) is 6.20 Å². The van der Waals surface area contributed by atoms with Crippen LogP contribution >= 0.6 is 0 Å². The highest BCUT2D eigenvalue weighted by molar-refractivity contribution is 5.85. The Morgan fingerprint density at radius 1 is 0.818 bits per heavy atom. The normalized spacial score (nSPS) is 16.6. The van der Waals surface area contributed by atoms with Gasteiger partial charge in [0.1, 0.15) is 24.8 Å². The lowest BCUT2D eigenvalue weighted by Gasteiger charge is -2.38. The molecule has 6 nitrogen and oxygen atoms in total. The first-order valence-corrected chi connectivity index (χ1v) is 11.0. The molecule has 0 aliphatic carbocycles. The summed E-state index contributed by atoms with van der Waals surface area (Å²) < 4.78 is 51.1. The highest BCUT2D eigenvalue weighted by atomic mass is 19.2.